The van der Waals surface area contributed by atoms with Crippen LogP contribution in [0.25, 0.3) is 0 Å². The highest BCUT2D eigenvalue weighted by Crippen LogP contribution is 2.00. The number of nitrogens with one attached hydrogen (secondary N) is 2. The number of thiazole rings is 1. The van der Waals surface area contributed by atoms with E-state index in [0.29, 0.717) is 26.1 Å². The summed E-state index contributed by atoms with van der Waals surface area (Å²) in [5.74, 6) is -0.957. The molecule has 1 aromatic heterocycles. The lowest BCUT2D eigenvalue weighted by Gasteiger charge is -2.26. The highest BCUT2D eigenvalue weighted by atomic mass is 32.1. The SMILES string of the molecule is O=C(NCCc1cscn1)C(=O)N1CCNCC1. The van der Waals surface area contributed by atoms with Crippen molar-refractivity contribution in [3.8, 4) is 0 Å². The number of carbonyl (C=O) groups is 2. The Balaban J connectivity index is 1.71. The third-order valence-electron chi connectivity index (χ3n) is 2.75. The van der Waals surface area contributed by atoms with Crippen LogP contribution in [0.5, 0.6) is 0 Å². The van der Waals surface area contributed by atoms with Crippen LogP contribution in [0, 0.1) is 0 Å². The highest BCUT2D eigenvalue weighted by molar-refractivity contribution is 7.07. The Hall–Kier alpha value is -1.47. The van der Waals surface area contributed by atoms with E-state index in [9.17, 15) is 9.59 Å². The molecule has 0 radical (unpaired) electrons. The summed E-state index contributed by atoms with van der Waals surface area (Å²) in [7, 11) is 0. The first-order valence-electron chi connectivity index (χ1n) is 5.92. The van der Waals surface area contributed by atoms with Crippen molar-refractivity contribution in [1.29, 1.82) is 0 Å². The highest BCUT2D eigenvalue weighted by Gasteiger charge is 2.22. The predicted molar refractivity (Wildman–Crippen MR) is 68.3 cm³/mol. The van der Waals surface area contributed by atoms with Crippen LogP contribution in [0.3, 0.4) is 0 Å². The second kappa shape index (κ2) is 6.46. The fourth-order valence-electron chi connectivity index (χ4n) is 1.75. The van der Waals surface area contributed by atoms with Gasteiger partial charge < -0.3 is 15.5 Å². The van der Waals surface area contributed by atoms with Crippen LogP contribution in [-0.4, -0.2) is 54.4 Å². The lowest BCUT2D eigenvalue weighted by molar-refractivity contribution is -0.146. The van der Waals surface area contributed by atoms with Crippen molar-refractivity contribution in [2.75, 3.05) is 32.7 Å². The molecule has 98 valence electrons. The van der Waals surface area contributed by atoms with Gasteiger partial charge in [-0.2, -0.15) is 0 Å². The summed E-state index contributed by atoms with van der Waals surface area (Å²) in [6, 6.07) is 0. The normalized spacial score (nSPS) is 15.4. The maximum absolute atomic E-state index is 11.8. The molecular weight excluding hydrogens is 252 g/mol. The molecule has 1 aliphatic rings. The zero-order chi connectivity index (χ0) is 12.8. The van der Waals surface area contributed by atoms with Crippen LogP contribution in [-0.2, 0) is 16.0 Å². The Morgan fingerprint density at radius 3 is 2.89 bits per heavy atom. The Bertz CT molecular complexity index is 401. The topological polar surface area (TPSA) is 74.3 Å². The first-order valence-corrected chi connectivity index (χ1v) is 6.86. The van der Waals surface area contributed by atoms with Gasteiger partial charge in [-0.3, -0.25) is 9.59 Å². The maximum Gasteiger partial charge on any atom is 0.311 e. The van der Waals surface area contributed by atoms with Crippen molar-refractivity contribution in [3.63, 3.8) is 0 Å². The Kier molecular flexibility index (Phi) is 4.66. The lowest BCUT2D eigenvalue weighted by atomic mass is 10.3. The molecule has 6 nitrogen and oxygen atoms in total. The van der Waals surface area contributed by atoms with Crippen LogP contribution < -0.4 is 10.6 Å². The fraction of sp³-hybridized carbons (Fsp3) is 0.545. The van der Waals surface area contributed by atoms with Gasteiger partial charge in [0, 0.05) is 44.5 Å². The molecular formula is C11H16N4O2S. The quantitative estimate of drug-likeness (QED) is 0.706. The monoisotopic (exact) mass is 268 g/mol. The number of amides is 2. The summed E-state index contributed by atoms with van der Waals surface area (Å²) in [5, 5.41) is 7.70. The molecule has 2 N–H and O–H groups in total. The number of nitrogens with zero attached hydrogens (tertiary/aromatic N) is 2. The molecule has 1 saturated heterocycles. The number of carbonyl (C=O) groups excluding carboxylic acids is 2. The van der Waals surface area contributed by atoms with Gasteiger partial charge in [-0.15, -0.1) is 11.3 Å². The van der Waals surface area contributed by atoms with E-state index in [1.54, 1.807) is 10.4 Å². The molecule has 0 atom stereocenters. The maximum atomic E-state index is 11.8. The first-order chi connectivity index (χ1) is 8.77. The van der Waals surface area contributed by atoms with E-state index in [0.717, 1.165) is 18.8 Å². The van der Waals surface area contributed by atoms with Crippen molar-refractivity contribution in [1.82, 2.24) is 20.5 Å². The molecule has 2 rings (SSSR count). The van der Waals surface area contributed by atoms with Crippen LogP contribution in [0.4, 0.5) is 0 Å². The first kappa shape index (κ1) is 13.0. The molecule has 1 aromatic rings. The standard InChI is InChI=1S/C11H16N4O2S/c16-10(11(17)15-5-3-12-4-6-15)13-2-1-9-7-18-8-14-9/h7-8,12H,1-6H2,(H,13,16). The average molecular weight is 268 g/mol. The van der Waals surface area contributed by atoms with Gasteiger partial charge in [-0.25, -0.2) is 4.98 Å². The number of aromatic nitrogens is 1. The van der Waals surface area contributed by atoms with Crippen molar-refractivity contribution >= 4 is 23.2 Å². The molecule has 1 aliphatic heterocycles. The molecule has 0 aromatic carbocycles. The molecule has 2 amide bonds. The molecule has 0 unspecified atom stereocenters. The minimum atomic E-state index is -0.521. The van der Waals surface area contributed by atoms with E-state index in [4.69, 9.17) is 0 Å². The van der Waals surface area contributed by atoms with Gasteiger partial charge >= 0.3 is 11.8 Å². The lowest BCUT2D eigenvalue weighted by Crippen LogP contribution is -2.51. The molecule has 18 heavy (non-hydrogen) atoms. The van der Waals surface area contributed by atoms with E-state index in [1.807, 2.05) is 5.38 Å². The summed E-state index contributed by atoms with van der Waals surface area (Å²) in [6.07, 6.45) is 0.657. The van der Waals surface area contributed by atoms with Crippen molar-refractivity contribution in [3.05, 3.63) is 16.6 Å². The van der Waals surface area contributed by atoms with Gasteiger partial charge in [0.2, 0.25) is 0 Å². The average Bonchev–Trinajstić information content (AvgIpc) is 2.92. The van der Waals surface area contributed by atoms with E-state index in [-0.39, 0.29) is 0 Å². The number of piperazine rings is 1. The Morgan fingerprint density at radius 2 is 2.22 bits per heavy atom. The van der Waals surface area contributed by atoms with Crippen molar-refractivity contribution in [2.24, 2.45) is 0 Å². The van der Waals surface area contributed by atoms with Crippen LogP contribution >= 0.6 is 11.3 Å². The van der Waals surface area contributed by atoms with Crippen LogP contribution in [0.15, 0.2) is 10.9 Å². The van der Waals surface area contributed by atoms with Gasteiger partial charge in [-0.1, -0.05) is 0 Å². The number of rotatable bonds is 3. The zero-order valence-electron chi connectivity index (χ0n) is 10.0. The van der Waals surface area contributed by atoms with Gasteiger partial charge in [0.05, 0.1) is 11.2 Å². The van der Waals surface area contributed by atoms with Crippen molar-refractivity contribution < 1.29 is 9.59 Å². The zero-order valence-corrected chi connectivity index (χ0v) is 10.8. The molecule has 7 heteroatoms. The largest absolute Gasteiger partial charge is 0.347 e. The van der Waals surface area contributed by atoms with E-state index in [1.165, 1.54) is 11.3 Å². The number of hydrogen-bond acceptors (Lipinski definition) is 5. The van der Waals surface area contributed by atoms with E-state index < -0.39 is 11.8 Å². The van der Waals surface area contributed by atoms with Crippen LogP contribution in [0.2, 0.25) is 0 Å². The summed E-state index contributed by atoms with van der Waals surface area (Å²) in [5.41, 5.74) is 2.69. The minimum Gasteiger partial charge on any atom is -0.347 e. The molecule has 1 fully saturated rings. The van der Waals surface area contributed by atoms with Gasteiger partial charge in [0.1, 0.15) is 0 Å². The summed E-state index contributed by atoms with van der Waals surface area (Å²) in [6.45, 7) is 3.13. The van der Waals surface area contributed by atoms with Gasteiger partial charge in [0.15, 0.2) is 0 Å². The molecule has 0 aliphatic carbocycles. The van der Waals surface area contributed by atoms with E-state index >= 15 is 0 Å². The predicted octanol–water partition coefficient (Wildman–Crippen LogP) is -0.766. The van der Waals surface area contributed by atoms with Gasteiger partial charge in [-0.05, 0) is 0 Å². The third-order valence-corrected chi connectivity index (χ3v) is 3.38. The molecule has 0 spiro atoms. The second-order valence-electron chi connectivity index (χ2n) is 4.03. The van der Waals surface area contributed by atoms with Crippen LogP contribution in [0.1, 0.15) is 5.69 Å². The molecule has 2 heterocycles. The van der Waals surface area contributed by atoms with Crippen molar-refractivity contribution in [2.45, 2.75) is 6.42 Å². The third kappa shape index (κ3) is 3.51. The molecule has 0 bridgehead atoms. The summed E-state index contributed by atoms with van der Waals surface area (Å²) in [4.78, 5) is 29.1. The molecule has 0 saturated carbocycles. The summed E-state index contributed by atoms with van der Waals surface area (Å²) < 4.78 is 0. The Labute approximate surface area is 109 Å². The number of hydrogen-bond donors (Lipinski definition) is 2. The smallest absolute Gasteiger partial charge is 0.311 e. The Morgan fingerprint density at radius 1 is 1.44 bits per heavy atom. The van der Waals surface area contributed by atoms with E-state index in [2.05, 4.69) is 15.6 Å². The second-order valence-corrected chi connectivity index (χ2v) is 4.75. The fourth-order valence-corrected chi connectivity index (χ4v) is 2.35. The summed E-state index contributed by atoms with van der Waals surface area (Å²) >= 11 is 1.52. The van der Waals surface area contributed by atoms with Gasteiger partial charge in [0.25, 0.3) is 0 Å². The minimum absolute atomic E-state index is 0.435.